The Morgan fingerprint density at radius 2 is 0.173 bits per heavy atom. The van der Waals surface area contributed by atoms with Gasteiger partial charge in [-0.05, 0) is 0 Å². The van der Waals surface area contributed by atoms with Crippen LogP contribution in [0.3, 0.4) is 0 Å². The first-order valence-corrected chi connectivity index (χ1v) is 56.0. The molecule has 0 heterocycles. The predicted octanol–water partition coefficient (Wildman–Crippen LogP) is 16.1. The van der Waals surface area contributed by atoms with Crippen molar-refractivity contribution >= 4 is 96.7 Å². The van der Waals surface area contributed by atoms with Crippen molar-refractivity contribution in [2.24, 2.45) is 0 Å². The van der Waals surface area contributed by atoms with Gasteiger partial charge < -0.3 is 0 Å². The summed E-state index contributed by atoms with van der Waals surface area (Å²) in [5.74, 6) is 0. The van der Waals surface area contributed by atoms with Gasteiger partial charge in [-0.1, -0.05) is 0 Å². The molecule has 16 rings (SSSR count). The van der Waals surface area contributed by atoms with E-state index < -0.39 is 60.2 Å². The molecule has 0 aliphatic carbocycles. The number of hydrogen-bond donors (Lipinski definition) is 0. The van der Waals surface area contributed by atoms with Gasteiger partial charge in [0.25, 0.3) is 0 Å². The van der Waals surface area contributed by atoms with E-state index in [1.54, 1.807) is 0 Å². The molecule has 0 radical (unpaired) electrons. The van der Waals surface area contributed by atoms with Crippen LogP contribution in [-0.2, 0) is 60.2 Å². The van der Waals surface area contributed by atoms with E-state index in [1.807, 2.05) is 0 Å². The quantitative estimate of drug-likeness (QED) is 0.0527. The van der Waals surface area contributed by atoms with Gasteiger partial charge in [-0.3, -0.25) is 0 Å². The fraction of sp³-hybridized carbons (Fsp3) is 0. The molecule has 0 saturated carbocycles. The van der Waals surface area contributed by atoms with Crippen molar-refractivity contribution in [3.8, 4) is 0 Å². The fourth-order valence-corrected chi connectivity index (χ4v) is 60.3. The molecule has 0 aliphatic rings. The average molecular weight is 1790 g/mol. The fourth-order valence-electron chi connectivity index (χ4n) is 11.1. The molecule has 0 N–H and O–H groups in total. The summed E-state index contributed by atoms with van der Waals surface area (Å²) in [4.78, 5) is 0. The minimum atomic E-state index is -2.29. The molecule has 0 nitrogen and oxygen atoms in total. The molecule has 4 atom stereocenters. The Bertz CT molecular complexity index is 4020. The summed E-state index contributed by atoms with van der Waals surface area (Å²) in [6.07, 6.45) is 0. The predicted molar refractivity (Wildman–Crippen MR) is 450 cm³/mol. The third-order valence-corrected chi connectivity index (χ3v) is 66.5. The van der Waals surface area contributed by atoms with E-state index >= 15 is 0 Å². The SMILES string of the molecule is c1ccc([PH][Pd]([c]2ccccc2)([c]2ccccc2)[c]2ccccc2)cc1.c1ccc([PH][Pd]([c]2ccccc2)([c]2ccccc2)[c]2ccccc2)cc1.c1ccc([PH][Pd]([c]2ccccc2)([c]2ccccc2)[c]2ccccc2)cc1.c1ccc([PH][Pd]([c]2ccccc2)([c]2ccccc2)[c]2ccccc2)cc1. The number of hydrogen-bond acceptors (Lipinski definition) is 0. The van der Waals surface area contributed by atoms with Gasteiger partial charge in [-0.15, -0.1) is 0 Å². The van der Waals surface area contributed by atoms with Crippen molar-refractivity contribution in [3.05, 3.63) is 485 Å². The molecule has 0 aromatic heterocycles. The average Bonchev–Trinajstić information content (AvgIpc) is 0.777. The standard InChI is InChI=1S/4C6H6P.12C6H5.4Pd/c4*7-6-4-2-1-3-5-6;12*1-2-4-6-5-3-1;;;;/h4*1-5,7H;12*1-5H;;;;/q4*-1;;;;;;;;;;;;;4*+1. The molecular formula is C96H84P4Pd4. The van der Waals surface area contributed by atoms with Crippen LogP contribution in [0.1, 0.15) is 0 Å². The first-order valence-electron chi connectivity index (χ1n) is 34.1. The molecule has 0 saturated heterocycles. The molecular weight excluding hydrogens is 1700 g/mol. The van der Waals surface area contributed by atoms with Gasteiger partial charge in [0, 0.05) is 0 Å². The van der Waals surface area contributed by atoms with E-state index in [0.29, 0.717) is 0 Å². The molecule has 0 spiro atoms. The van der Waals surface area contributed by atoms with E-state index in [0.717, 1.165) is 27.1 Å². The molecule has 0 aliphatic heterocycles. The first kappa shape index (κ1) is 74.2. The molecule has 4 unspecified atom stereocenters. The van der Waals surface area contributed by atoms with Gasteiger partial charge in [0.05, 0.1) is 0 Å². The summed E-state index contributed by atoms with van der Waals surface area (Å²) in [5, 5.41) is 5.73. The third kappa shape index (κ3) is 18.0. The third-order valence-electron chi connectivity index (χ3n) is 15.8. The Balaban J connectivity index is 0.000000123. The molecule has 16 aromatic carbocycles. The summed E-state index contributed by atoms with van der Waals surface area (Å²) < 4.78 is 17.8. The maximum absolute atomic E-state index is 2.33. The molecule has 0 fully saturated rings. The molecule has 0 amide bonds. The summed E-state index contributed by atoms with van der Waals surface area (Å²) >= 11 is -9.17. The van der Waals surface area contributed by atoms with Crippen molar-refractivity contribution < 1.29 is 60.2 Å². The van der Waals surface area contributed by atoms with Crippen LogP contribution < -0.4 is 69.7 Å². The second-order valence-corrected chi connectivity index (χ2v) is 61.7. The van der Waals surface area contributed by atoms with Crippen LogP contribution in [0.25, 0.3) is 0 Å². The van der Waals surface area contributed by atoms with Crippen LogP contribution in [0.15, 0.2) is 485 Å². The topological polar surface area (TPSA) is 0 Å². The van der Waals surface area contributed by atoms with Crippen LogP contribution in [0, 0.1) is 0 Å². The van der Waals surface area contributed by atoms with Crippen LogP contribution in [-0.4, -0.2) is 0 Å². The van der Waals surface area contributed by atoms with Crippen LogP contribution in [0.4, 0.5) is 0 Å². The van der Waals surface area contributed by atoms with Crippen molar-refractivity contribution in [1.82, 2.24) is 0 Å². The van der Waals surface area contributed by atoms with Gasteiger partial charge in [0.2, 0.25) is 0 Å². The molecule has 16 aromatic rings. The maximum atomic E-state index is 2.33. The monoisotopic (exact) mass is 1780 g/mol. The number of benzene rings is 16. The Morgan fingerprint density at radius 1 is 0.0962 bits per heavy atom. The van der Waals surface area contributed by atoms with Crippen molar-refractivity contribution in [2.75, 3.05) is 0 Å². The Labute approximate surface area is 635 Å². The van der Waals surface area contributed by atoms with Crippen molar-refractivity contribution in [1.29, 1.82) is 0 Å². The zero-order chi connectivity index (χ0) is 70.6. The molecule has 8 heteroatoms. The minimum absolute atomic E-state index is 0.748. The van der Waals surface area contributed by atoms with E-state index in [-0.39, 0.29) is 0 Å². The van der Waals surface area contributed by atoms with Crippen molar-refractivity contribution in [2.45, 2.75) is 0 Å². The summed E-state index contributed by atoms with van der Waals surface area (Å²) in [6.45, 7) is 2.99. The zero-order valence-electron chi connectivity index (χ0n) is 57.5. The van der Waals surface area contributed by atoms with Crippen molar-refractivity contribution in [3.63, 3.8) is 0 Å². The van der Waals surface area contributed by atoms with Gasteiger partial charge in [0.1, 0.15) is 0 Å². The van der Waals surface area contributed by atoms with E-state index in [9.17, 15) is 0 Å². The van der Waals surface area contributed by atoms with Gasteiger partial charge in [-0.2, -0.15) is 0 Å². The van der Waals surface area contributed by atoms with E-state index in [2.05, 4.69) is 485 Å². The van der Waals surface area contributed by atoms with E-state index in [4.69, 9.17) is 0 Å². The van der Waals surface area contributed by atoms with Crippen LogP contribution in [0.5, 0.6) is 0 Å². The summed E-state index contributed by atoms with van der Waals surface area (Å²) in [6, 6.07) is 177. The summed E-state index contributed by atoms with van der Waals surface area (Å²) in [7, 11) is 0. The van der Waals surface area contributed by atoms with Gasteiger partial charge in [-0.25, -0.2) is 0 Å². The molecule has 528 valence electrons. The van der Waals surface area contributed by atoms with Gasteiger partial charge >= 0.3 is 642 Å². The van der Waals surface area contributed by atoms with Crippen LogP contribution in [0.2, 0.25) is 0 Å². The van der Waals surface area contributed by atoms with E-state index in [1.165, 1.54) is 69.7 Å². The Kier molecular flexibility index (Phi) is 27.3. The second-order valence-electron chi connectivity index (χ2n) is 22.8. The Morgan fingerprint density at radius 3 is 0.260 bits per heavy atom. The second kappa shape index (κ2) is 38.2. The van der Waals surface area contributed by atoms with Crippen LogP contribution >= 0.6 is 27.1 Å². The van der Waals surface area contributed by atoms with Gasteiger partial charge in [0.15, 0.2) is 0 Å². The molecule has 0 bridgehead atoms. The Hall–Kier alpha value is -8.11. The summed E-state index contributed by atoms with van der Waals surface area (Å²) in [5.41, 5.74) is 0. The molecule has 104 heavy (non-hydrogen) atoms. The zero-order valence-corrected chi connectivity index (χ0v) is 67.7. The first-order chi connectivity index (χ1) is 51.6. The normalized spacial score (nSPS) is 12.3. The number of rotatable bonds is 20.